The highest BCUT2D eigenvalue weighted by Crippen LogP contribution is 2.43. The van der Waals surface area contributed by atoms with Crippen LogP contribution >= 0.6 is 0 Å². The van der Waals surface area contributed by atoms with Gasteiger partial charge in [-0.3, -0.25) is 0 Å². The SMILES string of the molecule is c1ccc2cc(-c3nc(-c4cc5ccccc5c5ccccc45)nc(-c4c(-c5ccc6ccccc6c5)ccc5oc6ccccc6c45)n3)ccc2c1. The highest BCUT2D eigenvalue weighted by Gasteiger charge is 2.23. The van der Waals surface area contributed by atoms with E-state index in [0.717, 1.165) is 71.3 Å². The topological polar surface area (TPSA) is 51.8 Å². The summed E-state index contributed by atoms with van der Waals surface area (Å²) in [6.45, 7) is 0. The number of hydrogen-bond donors (Lipinski definition) is 0. The second kappa shape index (κ2) is 11.7. The molecule has 53 heavy (non-hydrogen) atoms. The molecule has 0 amide bonds. The molecule has 246 valence electrons. The summed E-state index contributed by atoms with van der Waals surface area (Å²) in [4.78, 5) is 16.1. The van der Waals surface area contributed by atoms with Crippen LogP contribution in [0.4, 0.5) is 0 Å². The molecule has 0 saturated heterocycles. The first-order valence-electron chi connectivity index (χ1n) is 17.9. The fourth-order valence-corrected chi connectivity index (χ4v) is 7.95. The summed E-state index contributed by atoms with van der Waals surface area (Å²) in [6, 6.07) is 61.7. The Morgan fingerprint density at radius 1 is 0.321 bits per heavy atom. The molecule has 0 aliphatic carbocycles. The van der Waals surface area contributed by atoms with E-state index in [-0.39, 0.29) is 0 Å². The summed E-state index contributed by atoms with van der Waals surface area (Å²) in [5.41, 5.74) is 6.52. The lowest BCUT2D eigenvalue weighted by molar-refractivity contribution is 0.669. The van der Waals surface area contributed by atoms with Crippen LogP contribution in [0, 0.1) is 0 Å². The van der Waals surface area contributed by atoms with Crippen LogP contribution in [0.3, 0.4) is 0 Å². The Labute approximate surface area is 304 Å². The minimum atomic E-state index is 0.593. The number of benzene rings is 9. The summed E-state index contributed by atoms with van der Waals surface area (Å²) >= 11 is 0. The molecule has 0 aliphatic heterocycles. The Morgan fingerprint density at radius 2 is 0.887 bits per heavy atom. The molecule has 0 fully saturated rings. The highest BCUT2D eigenvalue weighted by molar-refractivity contribution is 6.16. The Bertz CT molecular complexity index is 3250. The third-order valence-corrected chi connectivity index (χ3v) is 10.5. The van der Waals surface area contributed by atoms with Gasteiger partial charge in [-0.15, -0.1) is 0 Å². The van der Waals surface area contributed by atoms with Gasteiger partial charge in [-0.05, 0) is 90.6 Å². The molecule has 4 heteroatoms. The van der Waals surface area contributed by atoms with Gasteiger partial charge in [-0.1, -0.05) is 140 Å². The minimum Gasteiger partial charge on any atom is -0.456 e. The lowest BCUT2D eigenvalue weighted by Crippen LogP contribution is -2.02. The van der Waals surface area contributed by atoms with Crippen molar-refractivity contribution >= 4 is 65.0 Å². The molecule has 0 radical (unpaired) electrons. The molecular weight excluding hydrogens is 647 g/mol. The molecular formula is C49H29N3O. The molecule has 0 saturated carbocycles. The minimum absolute atomic E-state index is 0.593. The van der Waals surface area contributed by atoms with Crippen molar-refractivity contribution in [1.82, 2.24) is 15.0 Å². The molecule has 4 nitrogen and oxygen atoms in total. The van der Waals surface area contributed by atoms with E-state index in [1.165, 1.54) is 21.5 Å². The summed E-state index contributed by atoms with van der Waals surface area (Å²) < 4.78 is 6.49. The number of para-hydroxylation sites is 1. The lowest BCUT2D eigenvalue weighted by Gasteiger charge is -2.15. The Kier molecular flexibility index (Phi) is 6.52. The van der Waals surface area contributed by atoms with Crippen LogP contribution in [0.25, 0.3) is 110 Å². The number of rotatable bonds is 4. The van der Waals surface area contributed by atoms with Gasteiger partial charge in [0.2, 0.25) is 0 Å². The first kappa shape index (κ1) is 29.5. The van der Waals surface area contributed by atoms with Crippen molar-refractivity contribution in [3.8, 4) is 45.3 Å². The van der Waals surface area contributed by atoms with Crippen molar-refractivity contribution in [2.24, 2.45) is 0 Å². The van der Waals surface area contributed by atoms with Crippen LogP contribution in [0.5, 0.6) is 0 Å². The van der Waals surface area contributed by atoms with E-state index in [0.29, 0.717) is 17.5 Å². The normalized spacial score (nSPS) is 11.8. The zero-order valence-electron chi connectivity index (χ0n) is 28.5. The van der Waals surface area contributed by atoms with Gasteiger partial charge in [0.25, 0.3) is 0 Å². The molecule has 2 heterocycles. The average Bonchev–Trinajstić information content (AvgIpc) is 3.61. The van der Waals surface area contributed by atoms with Crippen molar-refractivity contribution < 1.29 is 4.42 Å². The molecule has 11 aromatic rings. The molecule has 0 atom stereocenters. The van der Waals surface area contributed by atoms with Crippen LogP contribution in [-0.4, -0.2) is 15.0 Å². The van der Waals surface area contributed by atoms with Gasteiger partial charge in [0.15, 0.2) is 17.5 Å². The molecule has 0 bridgehead atoms. The summed E-state index contributed by atoms with van der Waals surface area (Å²) in [6.07, 6.45) is 0. The van der Waals surface area contributed by atoms with Crippen molar-refractivity contribution in [2.75, 3.05) is 0 Å². The Morgan fingerprint density at radius 3 is 1.66 bits per heavy atom. The molecule has 9 aromatic carbocycles. The predicted octanol–water partition coefficient (Wildman–Crippen LogP) is 13.1. The number of fused-ring (bicyclic) bond motifs is 8. The Balaban J connectivity index is 1.27. The second-order valence-corrected chi connectivity index (χ2v) is 13.6. The maximum atomic E-state index is 6.49. The maximum absolute atomic E-state index is 6.49. The van der Waals surface area contributed by atoms with E-state index in [1.807, 2.05) is 12.1 Å². The van der Waals surface area contributed by atoms with Gasteiger partial charge < -0.3 is 4.42 Å². The summed E-state index contributed by atoms with van der Waals surface area (Å²) in [5, 5.41) is 11.2. The largest absolute Gasteiger partial charge is 0.456 e. The first-order chi connectivity index (χ1) is 26.2. The number of nitrogens with zero attached hydrogens (tertiary/aromatic N) is 3. The summed E-state index contributed by atoms with van der Waals surface area (Å²) in [7, 11) is 0. The third-order valence-electron chi connectivity index (χ3n) is 10.5. The van der Waals surface area contributed by atoms with E-state index < -0.39 is 0 Å². The zero-order chi connectivity index (χ0) is 34.9. The number of aromatic nitrogens is 3. The Hall–Kier alpha value is -7.17. The van der Waals surface area contributed by atoms with Gasteiger partial charge in [-0.2, -0.15) is 0 Å². The number of furan rings is 1. The molecule has 0 N–H and O–H groups in total. The highest BCUT2D eigenvalue weighted by atomic mass is 16.3. The fraction of sp³-hybridized carbons (Fsp3) is 0. The maximum Gasteiger partial charge on any atom is 0.165 e. The van der Waals surface area contributed by atoms with E-state index in [9.17, 15) is 0 Å². The van der Waals surface area contributed by atoms with E-state index >= 15 is 0 Å². The standard InChI is InChI=1S/C49H29N3O/c1-3-13-32-27-35(23-21-30(32)11-1)38-25-26-44-45(41-19-9-10-20-43(41)53-44)46(38)49-51-47(36-24-22-31-12-2-4-14-33(31)28-36)50-48(52-49)42-29-34-15-5-6-16-37(34)39-17-7-8-18-40(39)42/h1-29H. The van der Waals surface area contributed by atoms with E-state index in [1.54, 1.807) is 0 Å². The second-order valence-electron chi connectivity index (χ2n) is 13.6. The predicted molar refractivity (Wildman–Crippen MR) is 219 cm³/mol. The van der Waals surface area contributed by atoms with Crippen LogP contribution in [0.15, 0.2) is 180 Å². The molecule has 0 aliphatic rings. The molecule has 0 unspecified atom stereocenters. The molecule has 2 aromatic heterocycles. The third kappa shape index (κ3) is 4.80. The van der Waals surface area contributed by atoms with Gasteiger partial charge in [0.05, 0.1) is 0 Å². The van der Waals surface area contributed by atoms with Crippen LogP contribution in [0.2, 0.25) is 0 Å². The van der Waals surface area contributed by atoms with Gasteiger partial charge in [-0.25, -0.2) is 15.0 Å². The fourth-order valence-electron chi connectivity index (χ4n) is 7.95. The van der Waals surface area contributed by atoms with Gasteiger partial charge in [0, 0.05) is 27.5 Å². The average molecular weight is 676 g/mol. The molecule has 0 spiro atoms. The van der Waals surface area contributed by atoms with Crippen LogP contribution in [0.1, 0.15) is 0 Å². The van der Waals surface area contributed by atoms with E-state index in [2.05, 4.69) is 164 Å². The van der Waals surface area contributed by atoms with E-state index in [4.69, 9.17) is 19.4 Å². The first-order valence-corrected chi connectivity index (χ1v) is 17.9. The van der Waals surface area contributed by atoms with Crippen molar-refractivity contribution in [1.29, 1.82) is 0 Å². The van der Waals surface area contributed by atoms with Crippen molar-refractivity contribution in [3.05, 3.63) is 176 Å². The summed E-state index contributed by atoms with van der Waals surface area (Å²) in [5.74, 6) is 1.83. The number of hydrogen-bond acceptors (Lipinski definition) is 4. The molecule has 11 rings (SSSR count). The zero-order valence-corrected chi connectivity index (χ0v) is 28.5. The van der Waals surface area contributed by atoms with Gasteiger partial charge >= 0.3 is 0 Å². The monoisotopic (exact) mass is 675 g/mol. The van der Waals surface area contributed by atoms with Crippen LogP contribution < -0.4 is 0 Å². The van der Waals surface area contributed by atoms with Crippen molar-refractivity contribution in [3.63, 3.8) is 0 Å². The van der Waals surface area contributed by atoms with Crippen LogP contribution in [-0.2, 0) is 0 Å². The van der Waals surface area contributed by atoms with Crippen molar-refractivity contribution in [2.45, 2.75) is 0 Å². The van der Waals surface area contributed by atoms with Gasteiger partial charge in [0.1, 0.15) is 11.2 Å². The lowest BCUT2D eigenvalue weighted by atomic mass is 9.93. The smallest absolute Gasteiger partial charge is 0.165 e. The quantitative estimate of drug-likeness (QED) is 0.174.